The van der Waals surface area contributed by atoms with Crippen LogP contribution in [-0.2, 0) is 18.8 Å². The van der Waals surface area contributed by atoms with E-state index in [0.717, 1.165) is 6.42 Å². The molecule has 1 fully saturated rings. The molecule has 1 aliphatic rings. The highest BCUT2D eigenvalue weighted by Crippen LogP contribution is 2.36. The second kappa shape index (κ2) is 6.34. The molecule has 0 unspecified atom stereocenters. The van der Waals surface area contributed by atoms with Crippen molar-refractivity contribution in [2.45, 2.75) is 58.4 Å². The van der Waals surface area contributed by atoms with Crippen LogP contribution in [-0.4, -0.2) is 45.3 Å². The summed E-state index contributed by atoms with van der Waals surface area (Å²) in [7, 11) is -1.71. The third kappa shape index (κ3) is 5.22. The molecule has 0 aromatic heterocycles. The second-order valence-electron chi connectivity index (χ2n) is 6.57. The summed E-state index contributed by atoms with van der Waals surface area (Å²) >= 11 is 0. The molecule has 1 rings (SSSR count). The van der Waals surface area contributed by atoms with Gasteiger partial charge in [-0.25, -0.2) is 0 Å². The Hall–Kier alpha value is -0.433. The molecule has 0 radical (unpaired) electrons. The average molecular weight is 289 g/mol. The lowest BCUT2D eigenvalue weighted by atomic mass is 10.2. The van der Waals surface area contributed by atoms with Crippen molar-refractivity contribution in [1.29, 1.82) is 0 Å². The van der Waals surface area contributed by atoms with Crippen molar-refractivity contribution in [2.24, 2.45) is 0 Å². The van der Waals surface area contributed by atoms with Crippen LogP contribution in [0.25, 0.3) is 0 Å². The van der Waals surface area contributed by atoms with Crippen LogP contribution in [0.5, 0.6) is 0 Å². The Balaban J connectivity index is 2.32. The van der Waals surface area contributed by atoms with E-state index in [1.807, 2.05) is 0 Å². The van der Waals surface area contributed by atoms with Gasteiger partial charge in [0.05, 0.1) is 12.7 Å². The number of hydroxylamine groups is 2. The molecule has 6 heteroatoms. The molecule has 0 aromatic carbocycles. The van der Waals surface area contributed by atoms with Gasteiger partial charge < -0.3 is 14.0 Å². The van der Waals surface area contributed by atoms with Gasteiger partial charge in [0, 0.05) is 13.5 Å². The zero-order chi connectivity index (χ0) is 14.7. The maximum atomic E-state index is 10.8. The van der Waals surface area contributed by atoms with Crippen molar-refractivity contribution >= 4 is 14.3 Å². The number of ether oxygens (including phenoxy) is 1. The van der Waals surface area contributed by atoms with Gasteiger partial charge in [0.1, 0.15) is 6.73 Å². The van der Waals surface area contributed by atoms with Gasteiger partial charge in [0.25, 0.3) is 0 Å². The molecule has 19 heavy (non-hydrogen) atoms. The number of nitrogens with zero attached hydrogens (tertiary/aromatic N) is 1. The van der Waals surface area contributed by atoms with Crippen molar-refractivity contribution in [3.05, 3.63) is 0 Å². The Morgan fingerprint density at radius 3 is 2.47 bits per heavy atom. The highest BCUT2D eigenvalue weighted by molar-refractivity contribution is 6.74. The monoisotopic (exact) mass is 289 g/mol. The van der Waals surface area contributed by atoms with Crippen molar-refractivity contribution < 1.29 is 18.8 Å². The minimum Gasteiger partial charge on any atom is -0.414 e. The molecular weight excluding hydrogens is 262 g/mol. The Morgan fingerprint density at radius 1 is 1.42 bits per heavy atom. The fourth-order valence-electron chi connectivity index (χ4n) is 1.53. The molecule has 1 aliphatic heterocycles. The maximum absolute atomic E-state index is 10.8. The van der Waals surface area contributed by atoms with Crippen LogP contribution in [0.2, 0.25) is 18.1 Å². The molecular formula is C13H27NO4Si. The van der Waals surface area contributed by atoms with Crippen LogP contribution < -0.4 is 0 Å². The summed E-state index contributed by atoms with van der Waals surface area (Å²) in [6.07, 6.45) is 0.919. The zero-order valence-electron chi connectivity index (χ0n) is 13.0. The summed E-state index contributed by atoms with van der Waals surface area (Å²) in [6.45, 7) is 14.2. The lowest BCUT2D eigenvalue weighted by Crippen LogP contribution is -2.45. The molecule has 0 aliphatic carbocycles. The summed E-state index contributed by atoms with van der Waals surface area (Å²) in [5, 5.41) is 1.76. The van der Waals surface area contributed by atoms with E-state index in [2.05, 4.69) is 33.9 Å². The van der Waals surface area contributed by atoms with Crippen molar-refractivity contribution in [1.82, 2.24) is 5.06 Å². The third-order valence-electron chi connectivity index (χ3n) is 3.85. The van der Waals surface area contributed by atoms with E-state index in [1.54, 1.807) is 5.06 Å². The Morgan fingerprint density at radius 2 is 2.05 bits per heavy atom. The van der Waals surface area contributed by atoms with Gasteiger partial charge in [-0.3, -0.25) is 4.79 Å². The fourth-order valence-corrected chi connectivity index (χ4v) is 2.56. The van der Waals surface area contributed by atoms with Gasteiger partial charge in [-0.2, -0.15) is 0 Å². The largest absolute Gasteiger partial charge is 0.414 e. The normalized spacial score (nSPS) is 22.3. The highest BCUT2D eigenvalue weighted by Gasteiger charge is 2.38. The van der Waals surface area contributed by atoms with Crippen LogP contribution in [0.3, 0.4) is 0 Å². The zero-order valence-corrected chi connectivity index (χ0v) is 14.0. The van der Waals surface area contributed by atoms with E-state index < -0.39 is 8.32 Å². The van der Waals surface area contributed by atoms with Gasteiger partial charge in [0.2, 0.25) is 0 Å². The predicted molar refractivity (Wildman–Crippen MR) is 76.0 cm³/mol. The highest BCUT2D eigenvalue weighted by atomic mass is 28.4. The van der Waals surface area contributed by atoms with Crippen molar-refractivity contribution in [3.63, 3.8) is 0 Å². The van der Waals surface area contributed by atoms with E-state index in [0.29, 0.717) is 19.9 Å². The smallest absolute Gasteiger partial charge is 0.322 e. The number of rotatable bonds is 4. The van der Waals surface area contributed by atoms with Crippen LogP contribution in [0.4, 0.5) is 0 Å². The summed E-state index contributed by atoms with van der Waals surface area (Å²) in [6, 6.07) is 0. The standard InChI is InChI=1S/C13H27NO4Si/c1-11(15)18-14-8-7-12(16-10-14)9-17-19(5,6)13(2,3)4/h12H,7-10H2,1-6H3/t12-/m0/s1. The molecule has 5 nitrogen and oxygen atoms in total. The lowest BCUT2D eigenvalue weighted by molar-refractivity contribution is -0.238. The van der Waals surface area contributed by atoms with Gasteiger partial charge in [-0.15, -0.1) is 5.06 Å². The van der Waals surface area contributed by atoms with E-state index in [-0.39, 0.29) is 17.1 Å². The van der Waals surface area contributed by atoms with Crippen LogP contribution in [0.15, 0.2) is 0 Å². The number of hydrogen-bond donors (Lipinski definition) is 0. The van der Waals surface area contributed by atoms with E-state index in [4.69, 9.17) is 14.0 Å². The minimum atomic E-state index is -1.71. The molecule has 112 valence electrons. The topological polar surface area (TPSA) is 48.0 Å². The van der Waals surface area contributed by atoms with Gasteiger partial charge in [-0.1, -0.05) is 20.8 Å². The minimum absolute atomic E-state index is 0.0981. The molecule has 0 saturated carbocycles. The Labute approximate surface area is 117 Å². The predicted octanol–water partition coefficient (Wildman–Crippen LogP) is 2.53. The first-order valence-electron chi connectivity index (χ1n) is 6.81. The van der Waals surface area contributed by atoms with E-state index >= 15 is 0 Å². The van der Waals surface area contributed by atoms with Gasteiger partial charge in [-0.05, 0) is 24.6 Å². The summed E-state index contributed by atoms with van der Waals surface area (Å²) in [5.74, 6) is -0.306. The number of hydrogen-bond acceptors (Lipinski definition) is 5. The van der Waals surface area contributed by atoms with Gasteiger partial charge in [0.15, 0.2) is 8.32 Å². The van der Waals surface area contributed by atoms with Crippen molar-refractivity contribution in [3.8, 4) is 0 Å². The molecule has 0 aromatic rings. The first kappa shape index (κ1) is 16.6. The van der Waals surface area contributed by atoms with Crippen LogP contribution in [0.1, 0.15) is 34.1 Å². The maximum Gasteiger partial charge on any atom is 0.322 e. The average Bonchev–Trinajstić information content (AvgIpc) is 2.26. The first-order chi connectivity index (χ1) is 8.62. The Kier molecular flexibility index (Phi) is 5.55. The molecule has 0 amide bonds. The third-order valence-corrected chi connectivity index (χ3v) is 8.35. The van der Waals surface area contributed by atoms with Crippen LogP contribution >= 0.6 is 0 Å². The molecule has 1 saturated heterocycles. The summed E-state index contributed by atoms with van der Waals surface area (Å²) in [4.78, 5) is 15.8. The summed E-state index contributed by atoms with van der Waals surface area (Å²) < 4.78 is 11.8. The SMILES string of the molecule is CC(=O)ON1CC[C@@H](CO[Si](C)(C)C(C)(C)C)OC1. The lowest BCUT2D eigenvalue weighted by Gasteiger charge is -2.38. The first-order valence-corrected chi connectivity index (χ1v) is 9.72. The van der Waals surface area contributed by atoms with E-state index in [1.165, 1.54) is 6.92 Å². The molecule has 0 spiro atoms. The molecule has 1 atom stereocenters. The number of carbonyl (C=O) groups excluding carboxylic acids is 1. The molecule has 0 N–H and O–H groups in total. The van der Waals surface area contributed by atoms with Crippen LogP contribution in [0, 0.1) is 0 Å². The van der Waals surface area contributed by atoms with E-state index in [9.17, 15) is 4.79 Å². The Bertz CT molecular complexity index is 306. The summed E-state index contributed by atoms with van der Waals surface area (Å²) in [5.41, 5.74) is 0. The molecule has 1 heterocycles. The molecule has 0 bridgehead atoms. The van der Waals surface area contributed by atoms with Gasteiger partial charge >= 0.3 is 5.97 Å². The fraction of sp³-hybridized carbons (Fsp3) is 0.923. The number of carbonyl (C=O) groups is 1. The quantitative estimate of drug-likeness (QED) is 0.744. The second-order valence-corrected chi connectivity index (χ2v) is 11.4. The van der Waals surface area contributed by atoms with Crippen molar-refractivity contribution in [2.75, 3.05) is 19.9 Å².